The fourth-order valence-corrected chi connectivity index (χ4v) is 1.91. The number of rotatable bonds is 3. The second kappa shape index (κ2) is 4.44. The topological polar surface area (TPSA) is 76.5 Å². The van der Waals surface area contributed by atoms with Crippen molar-refractivity contribution in [1.82, 2.24) is 14.7 Å². The van der Waals surface area contributed by atoms with E-state index in [1.165, 1.54) is 0 Å². The monoisotopic (exact) mass is 221 g/mol. The fourth-order valence-electron chi connectivity index (χ4n) is 1.91. The highest BCUT2D eigenvalue weighted by Crippen LogP contribution is 2.13. The number of nitrogens with zero attached hydrogens (tertiary/aromatic N) is 4. The molecule has 0 fully saturated rings. The van der Waals surface area contributed by atoms with Crippen LogP contribution in [-0.4, -0.2) is 40.5 Å². The van der Waals surface area contributed by atoms with Crippen molar-refractivity contribution in [2.24, 2.45) is 10.7 Å². The molecule has 0 aromatic carbocycles. The van der Waals surface area contributed by atoms with Gasteiger partial charge in [0.2, 0.25) is 0 Å². The molecule has 0 aliphatic carbocycles. The maximum absolute atomic E-state index is 11.0. The molecule has 6 nitrogen and oxygen atoms in total. The standard InChI is InChI=1S/C10H15N5O/c1-12-7-14-3-2-4-15-8(6-14)5-9(13-15)10(11)16/h5H,1-4,6-7H2,(H2,11,16). The Labute approximate surface area is 93.7 Å². The van der Waals surface area contributed by atoms with Crippen molar-refractivity contribution in [1.29, 1.82) is 0 Å². The number of aliphatic imine (C=N–C) groups is 1. The summed E-state index contributed by atoms with van der Waals surface area (Å²) in [5, 5.41) is 4.17. The fraction of sp³-hybridized carbons (Fsp3) is 0.500. The average Bonchev–Trinajstić information content (AvgIpc) is 2.54. The average molecular weight is 221 g/mol. The summed E-state index contributed by atoms with van der Waals surface area (Å²) in [5.74, 6) is -0.478. The van der Waals surface area contributed by atoms with Gasteiger partial charge in [0, 0.05) is 19.6 Å². The van der Waals surface area contributed by atoms with E-state index in [2.05, 4.69) is 21.7 Å². The van der Waals surface area contributed by atoms with E-state index in [1.54, 1.807) is 6.07 Å². The molecule has 16 heavy (non-hydrogen) atoms. The number of nitrogens with two attached hydrogens (primary N) is 1. The van der Waals surface area contributed by atoms with E-state index in [0.717, 1.165) is 31.7 Å². The summed E-state index contributed by atoms with van der Waals surface area (Å²) in [5.41, 5.74) is 6.55. The molecule has 1 aliphatic heterocycles. The van der Waals surface area contributed by atoms with Crippen molar-refractivity contribution in [2.45, 2.75) is 19.5 Å². The first-order chi connectivity index (χ1) is 7.70. The van der Waals surface area contributed by atoms with Crippen molar-refractivity contribution in [3.63, 3.8) is 0 Å². The van der Waals surface area contributed by atoms with Gasteiger partial charge in [-0.15, -0.1) is 0 Å². The zero-order chi connectivity index (χ0) is 11.5. The quantitative estimate of drug-likeness (QED) is 0.721. The Bertz CT molecular complexity index is 411. The van der Waals surface area contributed by atoms with Crippen LogP contribution in [0.4, 0.5) is 0 Å². The van der Waals surface area contributed by atoms with Crippen LogP contribution in [0.15, 0.2) is 11.1 Å². The third-order valence-electron chi connectivity index (χ3n) is 2.65. The van der Waals surface area contributed by atoms with Gasteiger partial charge in [-0.3, -0.25) is 19.4 Å². The number of aromatic nitrogens is 2. The SMILES string of the molecule is C=NCN1CCCn2nc(C(N)=O)cc2C1. The van der Waals surface area contributed by atoms with Crippen LogP contribution in [0, 0.1) is 0 Å². The molecule has 1 aliphatic rings. The van der Waals surface area contributed by atoms with Crippen molar-refractivity contribution in [3.05, 3.63) is 17.5 Å². The zero-order valence-electron chi connectivity index (χ0n) is 9.09. The van der Waals surface area contributed by atoms with Gasteiger partial charge in [-0.25, -0.2) is 0 Å². The number of primary amides is 1. The first-order valence-corrected chi connectivity index (χ1v) is 5.22. The molecule has 1 aromatic rings. The minimum absolute atomic E-state index is 0.336. The van der Waals surface area contributed by atoms with Crippen molar-refractivity contribution >= 4 is 12.6 Å². The molecule has 2 rings (SSSR count). The third-order valence-corrected chi connectivity index (χ3v) is 2.65. The molecule has 2 heterocycles. The molecule has 1 amide bonds. The van der Waals surface area contributed by atoms with E-state index in [-0.39, 0.29) is 0 Å². The van der Waals surface area contributed by atoms with Crippen molar-refractivity contribution in [3.8, 4) is 0 Å². The molecule has 0 unspecified atom stereocenters. The lowest BCUT2D eigenvalue weighted by molar-refractivity contribution is 0.0994. The number of hydrogen-bond acceptors (Lipinski definition) is 4. The first-order valence-electron chi connectivity index (χ1n) is 5.22. The zero-order valence-corrected chi connectivity index (χ0v) is 9.09. The molecule has 0 spiro atoms. The molecule has 0 radical (unpaired) electrons. The molecule has 6 heteroatoms. The van der Waals surface area contributed by atoms with E-state index in [9.17, 15) is 4.79 Å². The molecule has 0 bridgehead atoms. The maximum Gasteiger partial charge on any atom is 0.269 e. The van der Waals surface area contributed by atoms with Gasteiger partial charge in [-0.2, -0.15) is 5.10 Å². The Kier molecular flexibility index (Phi) is 3.00. The van der Waals surface area contributed by atoms with Gasteiger partial charge in [0.25, 0.3) is 5.91 Å². The number of fused-ring (bicyclic) bond motifs is 1. The Morgan fingerprint density at radius 1 is 1.62 bits per heavy atom. The van der Waals surface area contributed by atoms with Crippen LogP contribution < -0.4 is 5.73 Å². The third kappa shape index (κ3) is 2.11. The van der Waals surface area contributed by atoms with Crippen LogP contribution in [0.5, 0.6) is 0 Å². The Morgan fingerprint density at radius 3 is 3.12 bits per heavy atom. The summed E-state index contributed by atoms with van der Waals surface area (Å²) < 4.78 is 1.85. The van der Waals surface area contributed by atoms with Gasteiger partial charge >= 0.3 is 0 Å². The highest BCUT2D eigenvalue weighted by molar-refractivity contribution is 5.90. The summed E-state index contributed by atoms with van der Waals surface area (Å²) in [6, 6.07) is 1.75. The van der Waals surface area contributed by atoms with Gasteiger partial charge in [-0.1, -0.05) is 0 Å². The molecule has 86 valence electrons. The van der Waals surface area contributed by atoms with Crippen LogP contribution in [-0.2, 0) is 13.1 Å². The van der Waals surface area contributed by atoms with Crippen molar-refractivity contribution in [2.75, 3.05) is 13.2 Å². The van der Waals surface area contributed by atoms with Crippen molar-refractivity contribution < 1.29 is 4.79 Å². The molecular formula is C10H15N5O. The predicted molar refractivity (Wildman–Crippen MR) is 60.2 cm³/mol. The lowest BCUT2D eigenvalue weighted by atomic mass is 10.3. The summed E-state index contributed by atoms with van der Waals surface area (Å²) in [6.45, 7) is 6.61. The maximum atomic E-state index is 11.0. The number of aryl methyl sites for hydroxylation is 1. The van der Waals surface area contributed by atoms with Crippen LogP contribution >= 0.6 is 0 Å². The Hall–Kier alpha value is -1.69. The molecule has 2 N–H and O–H groups in total. The second-order valence-corrected chi connectivity index (χ2v) is 3.88. The summed E-state index contributed by atoms with van der Waals surface area (Å²) in [7, 11) is 0. The van der Waals surface area contributed by atoms with Gasteiger partial charge in [0.15, 0.2) is 0 Å². The minimum atomic E-state index is -0.478. The van der Waals surface area contributed by atoms with Crippen LogP contribution in [0.3, 0.4) is 0 Å². The molecule has 0 atom stereocenters. The first kappa shape index (κ1) is 10.8. The number of hydrogen-bond donors (Lipinski definition) is 1. The van der Waals surface area contributed by atoms with E-state index < -0.39 is 5.91 Å². The van der Waals surface area contributed by atoms with Gasteiger partial charge in [0.1, 0.15) is 5.69 Å². The van der Waals surface area contributed by atoms with Crippen LogP contribution in [0.1, 0.15) is 22.6 Å². The smallest absolute Gasteiger partial charge is 0.269 e. The second-order valence-electron chi connectivity index (χ2n) is 3.88. The highest BCUT2D eigenvalue weighted by Gasteiger charge is 2.17. The van der Waals surface area contributed by atoms with Gasteiger partial charge in [0.05, 0.1) is 12.4 Å². The minimum Gasteiger partial charge on any atom is -0.364 e. The highest BCUT2D eigenvalue weighted by atomic mass is 16.1. The van der Waals surface area contributed by atoms with E-state index >= 15 is 0 Å². The molecule has 0 saturated heterocycles. The summed E-state index contributed by atoms with van der Waals surface area (Å²) >= 11 is 0. The lowest BCUT2D eigenvalue weighted by Gasteiger charge is -2.15. The lowest BCUT2D eigenvalue weighted by Crippen LogP contribution is -2.23. The van der Waals surface area contributed by atoms with E-state index in [4.69, 9.17) is 5.73 Å². The van der Waals surface area contributed by atoms with Gasteiger partial charge in [-0.05, 0) is 19.2 Å². The summed E-state index contributed by atoms with van der Waals surface area (Å²) in [4.78, 5) is 17.1. The van der Waals surface area contributed by atoms with Crippen LogP contribution in [0.25, 0.3) is 0 Å². The predicted octanol–water partition coefficient (Wildman–Crippen LogP) is -0.154. The number of carbonyl (C=O) groups excluding carboxylic acids is 1. The Morgan fingerprint density at radius 2 is 2.44 bits per heavy atom. The summed E-state index contributed by atoms with van der Waals surface area (Å²) in [6.07, 6.45) is 0.988. The molecule has 1 aromatic heterocycles. The molecular weight excluding hydrogens is 206 g/mol. The van der Waals surface area contributed by atoms with Gasteiger partial charge < -0.3 is 5.73 Å². The normalized spacial score (nSPS) is 16.5. The van der Waals surface area contributed by atoms with Crippen LogP contribution in [0.2, 0.25) is 0 Å². The van der Waals surface area contributed by atoms with E-state index in [1.807, 2.05) is 4.68 Å². The largest absolute Gasteiger partial charge is 0.364 e. The van der Waals surface area contributed by atoms with E-state index in [0.29, 0.717) is 12.4 Å². The molecule has 0 saturated carbocycles. The number of amides is 1. The number of carbonyl (C=O) groups is 1. The Balaban J connectivity index is 2.21.